The molecule has 1 fully saturated rings. The van der Waals surface area contributed by atoms with Gasteiger partial charge in [-0.05, 0) is 43.2 Å². The van der Waals surface area contributed by atoms with Gasteiger partial charge in [-0.1, -0.05) is 77.5 Å². The molecule has 0 aromatic heterocycles. The molecule has 0 bridgehead atoms. The van der Waals surface area contributed by atoms with Gasteiger partial charge in [0.15, 0.2) is 0 Å². The summed E-state index contributed by atoms with van der Waals surface area (Å²) in [6.07, 6.45) is 4.68. The Morgan fingerprint density at radius 2 is 1.71 bits per heavy atom. The molecule has 8 heteroatoms. The average molecular weight is 490 g/mol. The fourth-order valence-corrected chi connectivity index (χ4v) is 5.34. The summed E-state index contributed by atoms with van der Waals surface area (Å²) in [7, 11) is 1.99. The van der Waals surface area contributed by atoms with Crippen molar-refractivity contribution in [3.8, 4) is 0 Å². The number of likely N-dealkylation sites (N-methyl/N-ethyl adjacent to an activating group) is 1. The molecule has 2 heterocycles. The van der Waals surface area contributed by atoms with E-state index in [1.54, 1.807) is 4.90 Å². The van der Waals surface area contributed by atoms with E-state index < -0.39 is 0 Å². The van der Waals surface area contributed by atoms with Gasteiger partial charge in [-0.2, -0.15) is 0 Å². The summed E-state index contributed by atoms with van der Waals surface area (Å²) in [5.41, 5.74) is 3.22. The van der Waals surface area contributed by atoms with Crippen molar-refractivity contribution < 1.29 is 4.79 Å². The normalized spacial score (nSPS) is 18.6. The van der Waals surface area contributed by atoms with Gasteiger partial charge < -0.3 is 9.80 Å². The van der Waals surface area contributed by atoms with Crippen LogP contribution in [-0.2, 0) is 11.2 Å². The van der Waals surface area contributed by atoms with Crippen LogP contribution < -0.4 is 9.80 Å². The van der Waals surface area contributed by atoms with E-state index >= 15 is 0 Å². The highest BCUT2D eigenvalue weighted by molar-refractivity contribution is 8.26. The van der Waals surface area contributed by atoms with Gasteiger partial charge in [-0.3, -0.25) is 9.69 Å². The SMILES string of the molecule is CCN1C(=O)/C(=C/C=C2/N(C)c3cc(Cl)c(Cl)cc3N2CCc2ccccc2)SC1=S. The molecule has 2 aromatic rings. The monoisotopic (exact) mass is 489 g/mol. The van der Waals surface area contributed by atoms with Gasteiger partial charge in [-0.15, -0.1) is 0 Å². The van der Waals surface area contributed by atoms with Crippen LogP contribution in [0.2, 0.25) is 10.0 Å². The highest BCUT2D eigenvalue weighted by Gasteiger charge is 2.32. The Morgan fingerprint density at radius 3 is 2.35 bits per heavy atom. The fraction of sp³-hybridized carbons (Fsp3) is 0.217. The third kappa shape index (κ3) is 4.35. The number of thioether (sulfide) groups is 1. The molecule has 31 heavy (non-hydrogen) atoms. The maximum Gasteiger partial charge on any atom is 0.266 e. The van der Waals surface area contributed by atoms with Crippen LogP contribution in [0.25, 0.3) is 0 Å². The largest absolute Gasteiger partial charge is 0.329 e. The summed E-state index contributed by atoms with van der Waals surface area (Å²) >= 11 is 19.3. The fourth-order valence-electron chi connectivity index (χ4n) is 3.70. The van der Waals surface area contributed by atoms with E-state index in [2.05, 4.69) is 21.9 Å². The number of thiocarbonyl (C=S) groups is 1. The van der Waals surface area contributed by atoms with Crippen LogP contribution in [0.3, 0.4) is 0 Å². The number of amides is 1. The number of hydrogen-bond acceptors (Lipinski definition) is 5. The van der Waals surface area contributed by atoms with Crippen molar-refractivity contribution >= 4 is 68.8 Å². The van der Waals surface area contributed by atoms with Gasteiger partial charge in [0.1, 0.15) is 10.1 Å². The molecule has 2 aromatic carbocycles. The molecule has 0 atom stereocenters. The third-order valence-corrected chi connectivity index (χ3v) is 7.45. The lowest BCUT2D eigenvalue weighted by atomic mass is 10.1. The summed E-state index contributed by atoms with van der Waals surface area (Å²) in [5.74, 6) is 0.903. The molecule has 0 unspecified atom stereocenters. The van der Waals surface area contributed by atoms with Crippen LogP contribution in [0.15, 0.2) is 65.3 Å². The van der Waals surface area contributed by atoms with Crippen LogP contribution in [0.1, 0.15) is 12.5 Å². The zero-order valence-electron chi connectivity index (χ0n) is 17.1. The Balaban J connectivity index is 1.69. The molecule has 0 aliphatic carbocycles. The molecule has 4 nitrogen and oxygen atoms in total. The van der Waals surface area contributed by atoms with Crippen molar-refractivity contribution in [1.82, 2.24) is 4.90 Å². The smallest absolute Gasteiger partial charge is 0.266 e. The molecule has 1 saturated heterocycles. The summed E-state index contributed by atoms with van der Waals surface area (Å²) in [5, 5.41) is 1.03. The first-order valence-corrected chi connectivity index (χ1v) is 11.9. The number of hydrogen-bond donors (Lipinski definition) is 0. The van der Waals surface area contributed by atoms with Crippen molar-refractivity contribution in [3.05, 3.63) is 81.0 Å². The number of anilines is 2. The maximum absolute atomic E-state index is 12.6. The Hall–Kier alpha value is -1.99. The van der Waals surface area contributed by atoms with Crippen molar-refractivity contribution in [1.29, 1.82) is 0 Å². The van der Waals surface area contributed by atoms with Gasteiger partial charge in [0.05, 0.1) is 26.3 Å². The summed E-state index contributed by atoms with van der Waals surface area (Å²) in [6.45, 7) is 3.26. The number of carbonyl (C=O) groups is 1. The number of allylic oxidation sites excluding steroid dienone is 2. The van der Waals surface area contributed by atoms with Crippen molar-refractivity contribution in [2.24, 2.45) is 0 Å². The Bertz CT molecular complexity index is 1100. The molecule has 0 spiro atoms. The predicted octanol–water partition coefficient (Wildman–Crippen LogP) is 6.10. The van der Waals surface area contributed by atoms with E-state index in [4.69, 9.17) is 35.4 Å². The van der Waals surface area contributed by atoms with Gasteiger partial charge in [-0.25, -0.2) is 0 Å². The van der Waals surface area contributed by atoms with Crippen molar-refractivity contribution in [3.63, 3.8) is 0 Å². The van der Waals surface area contributed by atoms with Gasteiger partial charge in [0.2, 0.25) is 0 Å². The highest BCUT2D eigenvalue weighted by Crippen LogP contribution is 2.45. The summed E-state index contributed by atoms with van der Waals surface area (Å²) in [6, 6.07) is 14.1. The minimum Gasteiger partial charge on any atom is -0.329 e. The van der Waals surface area contributed by atoms with Crippen LogP contribution in [-0.4, -0.2) is 35.3 Å². The maximum atomic E-state index is 12.6. The number of carbonyl (C=O) groups excluding carboxylic acids is 1. The minimum absolute atomic E-state index is 0.0468. The van der Waals surface area contributed by atoms with Gasteiger partial charge in [0, 0.05) is 20.1 Å². The molecule has 160 valence electrons. The van der Waals surface area contributed by atoms with Crippen LogP contribution in [0, 0.1) is 0 Å². The molecule has 2 aliphatic heterocycles. The molecule has 0 N–H and O–H groups in total. The van der Waals surface area contributed by atoms with E-state index in [1.807, 2.05) is 56.5 Å². The predicted molar refractivity (Wildman–Crippen MR) is 136 cm³/mol. The Labute approximate surface area is 202 Å². The van der Waals surface area contributed by atoms with E-state index in [9.17, 15) is 4.79 Å². The second kappa shape index (κ2) is 9.25. The number of nitrogens with zero attached hydrogens (tertiary/aromatic N) is 3. The van der Waals surface area contributed by atoms with Crippen LogP contribution >= 0.6 is 47.2 Å². The lowest BCUT2D eigenvalue weighted by Crippen LogP contribution is -2.28. The number of benzene rings is 2. The second-order valence-corrected chi connectivity index (χ2v) is 9.66. The number of rotatable bonds is 5. The summed E-state index contributed by atoms with van der Waals surface area (Å²) < 4.78 is 0.597. The molecule has 0 radical (unpaired) electrons. The van der Waals surface area contributed by atoms with Crippen molar-refractivity contribution in [2.75, 3.05) is 29.9 Å². The van der Waals surface area contributed by atoms with Crippen molar-refractivity contribution in [2.45, 2.75) is 13.3 Å². The van der Waals surface area contributed by atoms with Gasteiger partial charge >= 0.3 is 0 Å². The molecule has 1 amide bonds. The number of halogens is 2. The average Bonchev–Trinajstić information content (AvgIpc) is 3.18. The molecule has 0 saturated carbocycles. The van der Waals surface area contributed by atoms with E-state index in [0.29, 0.717) is 25.8 Å². The first-order chi connectivity index (χ1) is 14.9. The first kappa shape index (κ1) is 22.2. The quantitative estimate of drug-likeness (QED) is 0.373. The Kier molecular flexibility index (Phi) is 6.63. The molecular formula is C23H21Cl2N3OS2. The lowest BCUT2D eigenvalue weighted by molar-refractivity contribution is -0.122. The summed E-state index contributed by atoms with van der Waals surface area (Å²) in [4.78, 5) is 19.1. The van der Waals surface area contributed by atoms with E-state index in [0.717, 1.165) is 30.2 Å². The lowest BCUT2D eigenvalue weighted by Gasteiger charge is -2.23. The first-order valence-electron chi connectivity index (χ1n) is 9.90. The molecule has 4 rings (SSSR count). The third-order valence-electron chi connectivity index (χ3n) is 5.33. The van der Waals surface area contributed by atoms with E-state index in [-0.39, 0.29) is 5.91 Å². The molecule has 2 aliphatic rings. The molecular weight excluding hydrogens is 469 g/mol. The topological polar surface area (TPSA) is 26.8 Å². The van der Waals surface area contributed by atoms with E-state index in [1.165, 1.54) is 17.3 Å². The van der Waals surface area contributed by atoms with Crippen LogP contribution in [0.5, 0.6) is 0 Å². The minimum atomic E-state index is -0.0468. The Morgan fingerprint density at radius 1 is 1.03 bits per heavy atom. The van der Waals surface area contributed by atoms with Crippen LogP contribution in [0.4, 0.5) is 11.4 Å². The number of fused-ring (bicyclic) bond motifs is 1. The zero-order valence-corrected chi connectivity index (χ0v) is 20.3. The second-order valence-electron chi connectivity index (χ2n) is 7.17. The van der Waals surface area contributed by atoms with Gasteiger partial charge in [0.25, 0.3) is 5.91 Å². The standard InChI is InChI=1S/C23H21Cl2N3OS2/c1-3-27-22(29)20(31-23(27)30)9-10-21-26(2)18-13-16(24)17(25)14-19(18)28(21)12-11-15-7-5-4-6-8-15/h4-10,13-14H,3,11-12H2,1-2H3/b20-9-,21-10-. The highest BCUT2D eigenvalue weighted by atomic mass is 35.5. The zero-order chi connectivity index (χ0) is 22.1.